The molecular formula is C27H29N5O3. The van der Waals surface area contributed by atoms with Gasteiger partial charge in [-0.3, -0.25) is 14.6 Å². The average Bonchev–Trinajstić information content (AvgIpc) is 3.27. The van der Waals surface area contributed by atoms with E-state index in [2.05, 4.69) is 32.7 Å². The number of methoxy groups -OCH3 is 1. The first-order valence-corrected chi connectivity index (χ1v) is 11.6. The predicted molar refractivity (Wildman–Crippen MR) is 135 cm³/mol. The lowest BCUT2D eigenvalue weighted by atomic mass is 10.1. The quantitative estimate of drug-likeness (QED) is 0.368. The van der Waals surface area contributed by atoms with Gasteiger partial charge in [-0.1, -0.05) is 36.4 Å². The van der Waals surface area contributed by atoms with Crippen LogP contribution in [0.4, 0.5) is 5.69 Å². The minimum atomic E-state index is -0.300. The molecular weight excluding hydrogens is 442 g/mol. The van der Waals surface area contributed by atoms with Crippen LogP contribution in [0.2, 0.25) is 0 Å². The van der Waals surface area contributed by atoms with Gasteiger partial charge in [-0.25, -0.2) is 4.98 Å². The molecule has 4 rings (SSSR count). The number of nitrogens with zero attached hydrogens (tertiary/aromatic N) is 3. The van der Waals surface area contributed by atoms with Crippen LogP contribution in [0.3, 0.4) is 0 Å². The number of carbonyl (C=O) groups is 2. The number of nitrogens with one attached hydrogen (secondary N) is 2. The zero-order valence-corrected chi connectivity index (χ0v) is 19.9. The maximum Gasteiger partial charge on any atom is 0.251 e. The highest BCUT2D eigenvalue weighted by Gasteiger charge is 2.18. The molecule has 8 heteroatoms. The van der Waals surface area contributed by atoms with Crippen molar-refractivity contribution in [3.05, 3.63) is 90.0 Å². The monoisotopic (exact) mass is 471 g/mol. The van der Waals surface area contributed by atoms with E-state index in [9.17, 15) is 9.59 Å². The smallest absolute Gasteiger partial charge is 0.251 e. The Kier molecular flexibility index (Phi) is 7.84. The van der Waals surface area contributed by atoms with E-state index in [0.29, 0.717) is 29.7 Å². The number of amides is 2. The Morgan fingerprint density at radius 2 is 1.86 bits per heavy atom. The molecule has 0 aliphatic heterocycles. The highest BCUT2D eigenvalue weighted by molar-refractivity contribution is 6.05. The predicted octanol–water partition coefficient (Wildman–Crippen LogP) is 3.62. The van der Waals surface area contributed by atoms with Gasteiger partial charge in [0.1, 0.15) is 6.61 Å². The number of fused-ring (bicyclic) bond motifs is 1. The summed E-state index contributed by atoms with van der Waals surface area (Å²) in [5, 5.41) is 5.90. The number of aromatic nitrogens is 3. The molecule has 0 unspecified atom stereocenters. The first-order valence-electron chi connectivity index (χ1n) is 11.6. The van der Waals surface area contributed by atoms with Crippen LogP contribution in [0.25, 0.3) is 11.0 Å². The van der Waals surface area contributed by atoms with Crippen LogP contribution in [-0.4, -0.2) is 46.1 Å². The molecule has 0 fully saturated rings. The molecule has 0 aliphatic carbocycles. The van der Waals surface area contributed by atoms with Gasteiger partial charge in [0.2, 0.25) is 5.91 Å². The van der Waals surface area contributed by atoms with E-state index in [1.807, 2.05) is 47.9 Å². The van der Waals surface area contributed by atoms with Crippen LogP contribution in [0, 0.1) is 0 Å². The summed E-state index contributed by atoms with van der Waals surface area (Å²) >= 11 is 0. The molecule has 35 heavy (non-hydrogen) atoms. The first-order chi connectivity index (χ1) is 17.0. The Morgan fingerprint density at radius 3 is 2.60 bits per heavy atom. The topological polar surface area (TPSA) is 98.1 Å². The Balaban J connectivity index is 1.58. The third-order valence-corrected chi connectivity index (χ3v) is 5.63. The van der Waals surface area contributed by atoms with Crippen LogP contribution in [0.5, 0.6) is 0 Å². The van der Waals surface area contributed by atoms with Crippen LogP contribution >= 0.6 is 0 Å². The highest BCUT2D eigenvalue weighted by atomic mass is 16.5. The second-order valence-electron chi connectivity index (χ2n) is 8.45. The Hall–Kier alpha value is -4.04. The molecule has 0 aliphatic rings. The average molecular weight is 472 g/mol. The van der Waals surface area contributed by atoms with Crippen molar-refractivity contribution in [2.24, 2.45) is 0 Å². The highest BCUT2D eigenvalue weighted by Crippen LogP contribution is 2.26. The van der Waals surface area contributed by atoms with Gasteiger partial charge in [-0.2, -0.15) is 0 Å². The number of hydrogen-bond donors (Lipinski definition) is 2. The van der Waals surface area contributed by atoms with Crippen LogP contribution < -0.4 is 10.6 Å². The van der Waals surface area contributed by atoms with Gasteiger partial charge >= 0.3 is 0 Å². The molecule has 1 atom stereocenters. The Bertz CT molecular complexity index is 1290. The van der Waals surface area contributed by atoms with Gasteiger partial charge in [-0.05, 0) is 43.2 Å². The summed E-state index contributed by atoms with van der Waals surface area (Å²) in [4.78, 5) is 34.3. The number of imidazole rings is 1. The summed E-state index contributed by atoms with van der Waals surface area (Å²) in [5.41, 5.74) is 4.46. The van der Waals surface area contributed by atoms with Crippen molar-refractivity contribution in [3.8, 4) is 0 Å². The number of rotatable bonds is 10. The van der Waals surface area contributed by atoms with E-state index >= 15 is 0 Å². The van der Waals surface area contributed by atoms with Crippen molar-refractivity contribution in [1.29, 1.82) is 0 Å². The molecule has 2 N–H and O–H groups in total. The van der Waals surface area contributed by atoms with E-state index < -0.39 is 0 Å². The van der Waals surface area contributed by atoms with Crippen molar-refractivity contribution in [2.75, 3.05) is 19.0 Å². The van der Waals surface area contributed by atoms with Crippen molar-refractivity contribution in [2.45, 2.75) is 32.4 Å². The summed E-state index contributed by atoms with van der Waals surface area (Å²) in [5.74, 6) is -0.540. The second-order valence-corrected chi connectivity index (χ2v) is 8.45. The van der Waals surface area contributed by atoms with E-state index in [1.54, 1.807) is 24.7 Å². The third-order valence-electron chi connectivity index (χ3n) is 5.63. The van der Waals surface area contributed by atoms with Gasteiger partial charge in [0, 0.05) is 43.6 Å². The fraction of sp³-hybridized carbons (Fsp3) is 0.259. The summed E-state index contributed by atoms with van der Waals surface area (Å²) in [7, 11) is 1.46. The molecule has 2 heterocycles. The van der Waals surface area contributed by atoms with Crippen LogP contribution in [0.1, 0.15) is 28.5 Å². The minimum Gasteiger partial charge on any atom is -0.375 e. The number of carbonyl (C=O) groups excluding carboxylic acids is 2. The van der Waals surface area contributed by atoms with Gasteiger partial charge in [0.15, 0.2) is 0 Å². The third kappa shape index (κ3) is 6.30. The molecule has 2 aromatic carbocycles. The number of benzene rings is 2. The molecule has 180 valence electrons. The minimum absolute atomic E-state index is 0.0861. The lowest BCUT2D eigenvalue weighted by Crippen LogP contribution is -2.34. The van der Waals surface area contributed by atoms with Gasteiger partial charge in [0.25, 0.3) is 5.91 Å². The number of anilines is 1. The lowest BCUT2D eigenvalue weighted by molar-refractivity contribution is -0.119. The summed E-state index contributed by atoms with van der Waals surface area (Å²) in [6.45, 7) is 2.53. The summed E-state index contributed by atoms with van der Waals surface area (Å²) < 4.78 is 6.97. The number of hydrogen-bond acceptors (Lipinski definition) is 5. The van der Waals surface area contributed by atoms with E-state index in [4.69, 9.17) is 4.74 Å². The van der Waals surface area contributed by atoms with Gasteiger partial charge in [-0.15, -0.1) is 0 Å². The molecule has 0 saturated heterocycles. The zero-order valence-electron chi connectivity index (χ0n) is 19.9. The number of ether oxygens (including phenoxy) is 1. The van der Waals surface area contributed by atoms with E-state index in [1.165, 1.54) is 12.7 Å². The van der Waals surface area contributed by atoms with Gasteiger partial charge < -0.3 is 19.9 Å². The Morgan fingerprint density at radius 1 is 1.06 bits per heavy atom. The van der Waals surface area contributed by atoms with Crippen LogP contribution in [0.15, 0.2) is 73.2 Å². The standard InChI is InChI=1S/C27H29N5O3/c1-19(14-22-10-6-7-12-28-22)30-27(34)21-15-23-26(24(16-21)31-25(33)17-35-2)32(18-29-23)13-11-20-8-4-3-5-9-20/h3-10,12,15-16,18-19H,11,13-14,17H2,1-2H3,(H,30,34)(H,31,33)/t19-/m0/s1. The number of pyridine rings is 1. The zero-order chi connectivity index (χ0) is 24.6. The molecule has 0 saturated carbocycles. The molecule has 8 nitrogen and oxygen atoms in total. The summed E-state index contributed by atoms with van der Waals surface area (Å²) in [6, 6.07) is 19.2. The lowest BCUT2D eigenvalue weighted by Gasteiger charge is -2.15. The molecule has 4 aromatic rings. The van der Waals surface area contributed by atoms with Crippen molar-refractivity contribution in [3.63, 3.8) is 0 Å². The van der Waals surface area contributed by atoms with E-state index in [-0.39, 0.29) is 24.5 Å². The fourth-order valence-corrected chi connectivity index (χ4v) is 4.01. The molecule has 0 spiro atoms. The molecule has 0 bridgehead atoms. The maximum absolute atomic E-state index is 13.1. The van der Waals surface area contributed by atoms with Crippen molar-refractivity contribution in [1.82, 2.24) is 19.9 Å². The normalized spacial score (nSPS) is 11.8. The molecule has 0 radical (unpaired) electrons. The molecule has 2 aromatic heterocycles. The summed E-state index contributed by atoms with van der Waals surface area (Å²) in [6.07, 6.45) is 4.90. The maximum atomic E-state index is 13.1. The fourth-order valence-electron chi connectivity index (χ4n) is 4.01. The first kappa shape index (κ1) is 24.1. The van der Waals surface area contributed by atoms with Gasteiger partial charge in [0.05, 0.1) is 23.0 Å². The molecule has 2 amide bonds. The largest absolute Gasteiger partial charge is 0.375 e. The number of aryl methyl sites for hydroxylation is 2. The SMILES string of the molecule is COCC(=O)Nc1cc(C(=O)N[C@@H](C)Cc2ccccn2)cc2ncn(CCc3ccccc3)c12. The van der Waals surface area contributed by atoms with Crippen molar-refractivity contribution < 1.29 is 14.3 Å². The van der Waals surface area contributed by atoms with E-state index in [0.717, 1.165) is 17.6 Å². The van der Waals surface area contributed by atoms with Crippen molar-refractivity contribution >= 4 is 28.5 Å². The van der Waals surface area contributed by atoms with Crippen LogP contribution in [-0.2, 0) is 28.9 Å². The second kappa shape index (κ2) is 11.4. The Labute approximate surface area is 204 Å².